The van der Waals surface area contributed by atoms with Crippen molar-refractivity contribution in [2.24, 2.45) is 0 Å². The van der Waals surface area contributed by atoms with Crippen LogP contribution in [0, 0.1) is 0 Å². The van der Waals surface area contributed by atoms with Crippen molar-refractivity contribution in [3.8, 4) is 5.75 Å². The molecule has 0 saturated carbocycles. The summed E-state index contributed by atoms with van der Waals surface area (Å²) in [6.45, 7) is 0.404. The molecule has 0 unspecified atom stereocenters. The number of rotatable bonds is 4. The van der Waals surface area contributed by atoms with Gasteiger partial charge in [0.2, 0.25) is 5.95 Å². The number of benzene rings is 2. The predicted molar refractivity (Wildman–Crippen MR) is 92.7 cm³/mol. The summed E-state index contributed by atoms with van der Waals surface area (Å²) >= 11 is 0. The Morgan fingerprint density at radius 1 is 1.12 bits per heavy atom. The van der Waals surface area contributed by atoms with E-state index in [1.165, 1.54) is 0 Å². The highest BCUT2D eigenvalue weighted by Crippen LogP contribution is 2.21. The summed E-state index contributed by atoms with van der Waals surface area (Å²) in [5, 5.41) is 0.684. The minimum Gasteiger partial charge on any atom is -0.496 e. The van der Waals surface area contributed by atoms with E-state index in [2.05, 4.69) is 9.97 Å². The Balaban J connectivity index is 1.94. The zero-order valence-electron chi connectivity index (χ0n) is 13.6. The quantitative estimate of drug-likeness (QED) is 0.798. The zero-order chi connectivity index (χ0) is 17.1. The molecule has 3 aromatic rings. The first kappa shape index (κ1) is 15.7. The molecule has 6 nitrogen and oxygen atoms in total. The van der Waals surface area contributed by atoms with Crippen LogP contribution in [0.4, 0.5) is 5.95 Å². The Hall–Kier alpha value is -3.15. The Labute approximate surface area is 139 Å². The monoisotopic (exact) mass is 322 g/mol. The Morgan fingerprint density at radius 3 is 2.62 bits per heavy atom. The van der Waals surface area contributed by atoms with Gasteiger partial charge in [-0.2, -0.15) is 0 Å². The van der Waals surface area contributed by atoms with Crippen LogP contribution in [0.25, 0.3) is 10.9 Å². The highest BCUT2D eigenvalue weighted by Gasteiger charge is 2.19. The lowest BCUT2D eigenvalue weighted by molar-refractivity contribution is 0.0780. The molecule has 0 bridgehead atoms. The second kappa shape index (κ2) is 6.54. The van der Waals surface area contributed by atoms with Gasteiger partial charge >= 0.3 is 0 Å². The first-order valence-electron chi connectivity index (χ1n) is 7.49. The van der Waals surface area contributed by atoms with Gasteiger partial charge in [-0.3, -0.25) is 4.79 Å². The van der Waals surface area contributed by atoms with Crippen LogP contribution in [0.3, 0.4) is 0 Å². The van der Waals surface area contributed by atoms with Crippen molar-refractivity contribution in [1.29, 1.82) is 0 Å². The number of methoxy groups -OCH3 is 1. The number of hydrogen-bond donors (Lipinski definition) is 1. The molecule has 1 amide bonds. The van der Waals surface area contributed by atoms with Gasteiger partial charge in [-0.05, 0) is 12.1 Å². The lowest BCUT2D eigenvalue weighted by Crippen LogP contribution is -2.27. The number of amides is 1. The molecule has 3 rings (SSSR count). The fourth-order valence-corrected chi connectivity index (χ4v) is 2.60. The molecule has 2 N–H and O–H groups in total. The van der Waals surface area contributed by atoms with Crippen LogP contribution < -0.4 is 10.5 Å². The molecular formula is C18H18N4O2. The molecule has 24 heavy (non-hydrogen) atoms. The fraction of sp³-hybridized carbons (Fsp3) is 0.167. The molecule has 0 aliphatic heterocycles. The summed E-state index contributed by atoms with van der Waals surface area (Å²) in [6.07, 6.45) is 0. The van der Waals surface area contributed by atoms with E-state index in [1.54, 1.807) is 19.1 Å². The van der Waals surface area contributed by atoms with Crippen LogP contribution in [0.2, 0.25) is 0 Å². The average Bonchev–Trinajstić information content (AvgIpc) is 2.60. The maximum absolute atomic E-state index is 12.9. The lowest BCUT2D eigenvalue weighted by atomic mass is 10.1. The predicted octanol–water partition coefficient (Wildman–Crippen LogP) is 2.49. The highest BCUT2D eigenvalue weighted by atomic mass is 16.5. The third-order valence-corrected chi connectivity index (χ3v) is 3.77. The third-order valence-electron chi connectivity index (χ3n) is 3.77. The second-order valence-corrected chi connectivity index (χ2v) is 5.42. The van der Waals surface area contributed by atoms with Crippen molar-refractivity contribution in [2.45, 2.75) is 6.54 Å². The van der Waals surface area contributed by atoms with E-state index >= 15 is 0 Å². The third kappa shape index (κ3) is 2.99. The van der Waals surface area contributed by atoms with Crippen LogP contribution in [0.15, 0.2) is 48.5 Å². The Morgan fingerprint density at radius 2 is 1.83 bits per heavy atom. The minimum absolute atomic E-state index is 0.0859. The smallest absolute Gasteiger partial charge is 0.273 e. The van der Waals surface area contributed by atoms with E-state index in [4.69, 9.17) is 10.5 Å². The number of nitrogens with two attached hydrogens (primary N) is 1. The van der Waals surface area contributed by atoms with Gasteiger partial charge in [0.25, 0.3) is 5.91 Å². The highest BCUT2D eigenvalue weighted by molar-refractivity contribution is 6.04. The molecule has 0 aliphatic rings. The molecule has 0 spiro atoms. The maximum atomic E-state index is 12.9. The van der Waals surface area contributed by atoms with Crippen molar-refractivity contribution in [2.75, 3.05) is 19.9 Å². The van der Waals surface area contributed by atoms with Gasteiger partial charge in [-0.15, -0.1) is 0 Å². The average molecular weight is 322 g/mol. The van der Waals surface area contributed by atoms with E-state index in [0.717, 1.165) is 11.3 Å². The summed E-state index contributed by atoms with van der Waals surface area (Å²) in [4.78, 5) is 22.8. The normalized spacial score (nSPS) is 10.6. The number of para-hydroxylation sites is 2. The van der Waals surface area contributed by atoms with Crippen LogP contribution in [0.5, 0.6) is 5.75 Å². The number of nitrogens with zero attached hydrogens (tertiary/aromatic N) is 3. The zero-order valence-corrected chi connectivity index (χ0v) is 13.6. The maximum Gasteiger partial charge on any atom is 0.273 e. The van der Waals surface area contributed by atoms with Gasteiger partial charge in [-0.25, -0.2) is 9.97 Å². The van der Waals surface area contributed by atoms with Crippen LogP contribution in [0.1, 0.15) is 16.1 Å². The topological polar surface area (TPSA) is 81.3 Å². The van der Waals surface area contributed by atoms with Gasteiger partial charge in [0, 0.05) is 24.5 Å². The van der Waals surface area contributed by atoms with Gasteiger partial charge in [0.1, 0.15) is 11.4 Å². The molecule has 0 atom stereocenters. The van der Waals surface area contributed by atoms with Crippen molar-refractivity contribution in [1.82, 2.24) is 14.9 Å². The van der Waals surface area contributed by atoms with Crippen molar-refractivity contribution in [3.05, 3.63) is 59.8 Å². The number of fused-ring (bicyclic) bond motifs is 1. The van der Waals surface area contributed by atoms with Crippen LogP contribution in [-0.2, 0) is 6.54 Å². The largest absolute Gasteiger partial charge is 0.496 e. The number of ether oxygens (including phenoxy) is 1. The standard InChI is InChI=1S/C18H18N4O2/c1-22(11-12-7-3-6-10-15(12)24-2)17(23)16-13-8-4-5-9-14(13)20-18(19)21-16/h3-10H,11H2,1-2H3,(H2,19,20,21). The van der Waals surface area contributed by atoms with Crippen LogP contribution >= 0.6 is 0 Å². The van der Waals surface area contributed by atoms with E-state index in [9.17, 15) is 4.79 Å². The van der Waals surface area contributed by atoms with Crippen molar-refractivity contribution < 1.29 is 9.53 Å². The molecule has 1 aromatic heterocycles. The number of hydrogen-bond acceptors (Lipinski definition) is 5. The van der Waals surface area contributed by atoms with Gasteiger partial charge in [0.05, 0.1) is 12.6 Å². The van der Waals surface area contributed by atoms with Gasteiger partial charge in [-0.1, -0.05) is 36.4 Å². The van der Waals surface area contributed by atoms with E-state index < -0.39 is 0 Å². The van der Waals surface area contributed by atoms with E-state index in [1.807, 2.05) is 48.5 Å². The molecule has 122 valence electrons. The number of carbonyl (C=O) groups excluding carboxylic acids is 1. The fourth-order valence-electron chi connectivity index (χ4n) is 2.60. The molecular weight excluding hydrogens is 304 g/mol. The number of anilines is 1. The SMILES string of the molecule is COc1ccccc1CN(C)C(=O)c1nc(N)nc2ccccc12. The Kier molecular flexibility index (Phi) is 4.29. The van der Waals surface area contributed by atoms with Crippen LogP contribution in [-0.4, -0.2) is 34.9 Å². The molecule has 1 heterocycles. The molecule has 0 saturated heterocycles. The van der Waals surface area contributed by atoms with Crippen molar-refractivity contribution in [3.63, 3.8) is 0 Å². The summed E-state index contributed by atoms with van der Waals surface area (Å²) in [5.74, 6) is 0.609. The summed E-state index contributed by atoms with van der Waals surface area (Å²) < 4.78 is 5.34. The summed E-state index contributed by atoms with van der Waals surface area (Å²) in [6, 6.07) is 14.9. The first-order chi connectivity index (χ1) is 11.6. The molecule has 6 heteroatoms. The van der Waals surface area contributed by atoms with E-state index in [0.29, 0.717) is 23.1 Å². The second-order valence-electron chi connectivity index (χ2n) is 5.42. The molecule has 2 aromatic carbocycles. The minimum atomic E-state index is -0.216. The van der Waals surface area contributed by atoms with Crippen molar-refractivity contribution >= 4 is 22.8 Å². The van der Waals surface area contributed by atoms with Gasteiger partial charge in [0.15, 0.2) is 0 Å². The Bertz CT molecular complexity index is 895. The first-order valence-corrected chi connectivity index (χ1v) is 7.49. The number of aromatic nitrogens is 2. The molecule has 0 radical (unpaired) electrons. The number of nitrogen functional groups attached to an aromatic ring is 1. The molecule has 0 aliphatic carbocycles. The summed E-state index contributed by atoms with van der Waals surface area (Å²) in [5.41, 5.74) is 7.62. The van der Waals surface area contributed by atoms with E-state index in [-0.39, 0.29) is 11.9 Å². The van der Waals surface area contributed by atoms with Gasteiger partial charge < -0.3 is 15.4 Å². The lowest BCUT2D eigenvalue weighted by Gasteiger charge is -2.19. The summed E-state index contributed by atoms with van der Waals surface area (Å²) in [7, 11) is 3.33. The number of carbonyl (C=O) groups is 1. The molecule has 0 fully saturated rings.